The molecule has 1 amide bonds. The zero-order chi connectivity index (χ0) is 17.8. The number of esters is 1. The lowest BCUT2D eigenvalue weighted by atomic mass is 9.99. The zero-order valence-electron chi connectivity index (χ0n) is 14.4. The minimum Gasteiger partial charge on any atom is -0.497 e. The standard InChI is InChI=1S/C20H21NO4/c1-14(25-20(23)16-8-5-9-18(12-16)24-2)19(22)21-11-10-15-6-3-4-7-17(15)13-21/h3-9,12,14H,10-11,13H2,1-2H3/t14-/m1/s1. The third-order valence-corrected chi connectivity index (χ3v) is 4.38. The first-order valence-electron chi connectivity index (χ1n) is 8.29. The molecular formula is C20H21NO4. The lowest BCUT2D eigenvalue weighted by molar-refractivity contribution is -0.140. The Labute approximate surface area is 147 Å². The molecule has 0 N–H and O–H groups in total. The van der Waals surface area contributed by atoms with Crippen molar-refractivity contribution in [2.24, 2.45) is 0 Å². The summed E-state index contributed by atoms with van der Waals surface area (Å²) >= 11 is 0. The lowest BCUT2D eigenvalue weighted by Gasteiger charge is -2.30. The molecule has 130 valence electrons. The Morgan fingerprint density at radius 2 is 1.84 bits per heavy atom. The van der Waals surface area contributed by atoms with E-state index in [1.807, 2.05) is 18.2 Å². The smallest absolute Gasteiger partial charge is 0.339 e. The molecule has 25 heavy (non-hydrogen) atoms. The highest BCUT2D eigenvalue weighted by Crippen LogP contribution is 2.20. The van der Waals surface area contributed by atoms with Crippen molar-refractivity contribution < 1.29 is 19.1 Å². The van der Waals surface area contributed by atoms with Crippen LogP contribution in [0.1, 0.15) is 28.4 Å². The summed E-state index contributed by atoms with van der Waals surface area (Å²) in [5, 5.41) is 0. The number of ether oxygens (including phenoxy) is 2. The van der Waals surface area contributed by atoms with Crippen LogP contribution in [-0.2, 0) is 22.5 Å². The summed E-state index contributed by atoms with van der Waals surface area (Å²) in [5.41, 5.74) is 2.78. The summed E-state index contributed by atoms with van der Waals surface area (Å²) in [6.45, 7) is 2.80. The van der Waals surface area contributed by atoms with Gasteiger partial charge in [-0.2, -0.15) is 0 Å². The topological polar surface area (TPSA) is 55.8 Å². The van der Waals surface area contributed by atoms with Gasteiger partial charge in [-0.15, -0.1) is 0 Å². The molecule has 5 nitrogen and oxygen atoms in total. The summed E-state index contributed by atoms with van der Waals surface area (Å²) in [5.74, 6) is -0.135. The summed E-state index contributed by atoms with van der Waals surface area (Å²) in [4.78, 5) is 26.6. The Morgan fingerprint density at radius 3 is 2.60 bits per heavy atom. The van der Waals surface area contributed by atoms with Crippen LogP contribution in [0.4, 0.5) is 0 Å². The second-order valence-electron chi connectivity index (χ2n) is 6.06. The fraction of sp³-hybridized carbons (Fsp3) is 0.300. The largest absolute Gasteiger partial charge is 0.497 e. The molecule has 0 unspecified atom stereocenters. The van der Waals surface area contributed by atoms with Crippen LogP contribution in [0.5, 0.6) is 5.75 Å². The Bertz CT molecular complexity index is 787. The van der Waals surface area contributed by atoms with Gasteiger partial charge in [0, 0.05) is 13.1 Å². The molecule has 0 radical (unpaired) electrons. The molecule has 2 aromatic carbocycles. The highest BCUT2D eigenvalue weighted by Gasteiger charge is 2.27. The van der Waals surface area contributed by atoms with Gasteiger partial charge in [-0.1, -0.05) is 30.3 Å². The Balaban J connectivity index is 1.64. The molecule has 0 saturated carbocycles. The van der Waals surface area contributed by atoms with Gasteiger partial charge in [0.2, 0.25) is 0 Å². The van der Waals surface area contributed by atoms with E-state index in [4.69, 9.17) is 9.47 Å². The van der Waals surface area contributed by atoms with Crippen molar-refractivity contribution in [1.82, 2.24) is 4.90 Å². The monoisotopic (exact) mass is 339 g/mol. The predicted molar refractivity (Wildman–Crippen MR) is 93.4 cm³/mol. The zero-order valence-corrected chi connectivity index (χ0v) is 14.4. The van der Waals surface area contributed by atoms with Crippen molar-refractivity contribution in [2.75, 3.05) is 13.7 Å². The van der Waals surface area contributed by atoms with Crippen LogP contribution in [0.15, 0.2) is 48.5 Å². The van der Waals surface area contributed by atoms with E-state index in [1.165, 1.54) is 12.7 Å². The van der Waals surface area contributed by atoms with Crippen LogP contribution >= 0.6 is 0 Å². The number of hydrogen-bond acceptors (Lipinski definition) is 4. The molecule has 1 atom stereocenters. The molecule has 1 heterocycles. The normalized spacial score (nSPS) is 14.4. The van der Waals surface area contributed by atoms with E-state index in [0.717, 1.165) is 12.0 Å². The number of methoxy groups -OCH3 is 1. The van der Waals surface area contributed by atoms with Crippen molar-refractivity contribution >= 4 is 11.9 Å². The molecule has 0 fully saturated rings. The third-order valence-electron chi connectivity index (χ3n) is 4.38. The minimum atomic E-state index is -0.830. The lowest BCUT2D eigenvalue weighted by Crippen LogP contribution is -2.42. The number of carbonyl (C=O) groups excluding carboxylic acids is 2. The van der Waals surface area contributed by atoms with E-state index >= 15 is 0 Å². The van der Waals surface area contributed by atoms with Gasteiger partial charge in [0.15, 0.2) is 6.10 Å². The molecule has 2 aromatic rings. The van der Waals surface area contributed by atoms with Crippen LogP contribution in [0.25, 0.3) is 0 Å². The number of fused-ring (bicyclic) bond motifs is 1. The van der Waals surface area contributed by atoms with Gasteiger partial charge in [-0.05, 0) is 42.7 Å². The second-order valence-corrected chi connectivity index (χ2v) is 6.06. The molecular weight excluding hydrogens is 318 g/mol. The van der Waals surface area contributed by atoms with E-state index in [1.54, 1.807) is 36.1 Å². The highest BCUT2D eigenvalue weighted by atomic mass is 16.5. The molecule has 5 heteroatoms. The Morgan fingerprint density at radius 1 is 1.08 bits per heavy atom. The number of rotatable bonds is 4. The average molecular weight is 339 g/mol. The van der Waals surface area contributed by atoms with E-state index in [-0.39, 0.29) is 5.91 Å². The summed E-state index contributed by atoms with van der Waals surface area (Å²) in [7, 11) is 1.53. The van der Waals surface area contributed by atoms with Crippen molar-refractivity contribution in [3.8, 4) is 5.75 Å². The van der Waals surface area contributed by atoms with Crippen LogP contribution in [0.2, 0.25) is 0 Å². The van der Waals surface area contributed by atoms with Crippen LogP contribution < -0.4 is 4.74 Å². The molecule has 0 spiro atoms. The Hall–Kier alpha value is -2.82. The van der Waals surface area contributed by atoms with E-state index < -0.39 is 12.1 Å². The molecule has 0 bridgehead atoms. The first-order valence-corrected chi connectivity index (χ1v) is 8.29. The minimum absolute atomic E-state index is 0.175. The van der Waals surface area contributed by atoms with Crippen LogP contribution in [-0.4, -0.2) is 36.5 Å². The first-order chi connectivity index (χ1) is 12.1. The number of nitrogens with zero attached hydrogens (tertiary/aromatic N) is 1. The third kappa shape index (κ3) is 3.82. The maximum Gasteiger partial charge on any atom is 0.339 e. The summed E-state index contributed by atoms with van der Waals surface area (Å²) in [6.07, 6.45) is -0.0117. The van der Waals surface area contributed by atoms with Crippen molar-refractivity contribution in [3.63, 3.8) is 0 Å². The number of benzene rings is 2. The van der Waals surface area contributed by atoms with Gasteiger partial charge in [0.1, 0.15) is 5.75 Å². The fourth-order valence-electron chi connectivity index (χ4n) is 2.97. The fourth-order valence-corrected chi connectivity index (χ4v) is 2.97. The maximum absolute atomic E-state index is 12.6. The molecule has 1 aliphatic rings. The van der Waals surface area contributed by atoms with Crippen LogP contribution in [0.3, 0.4) is 0 Å². The van der Waals surface area contributed by atoms with Crippen LogP contribution in [0, 0.1) is 0 Å². The number of amides is 1. The average Bonchev–Trinajstić information content (AvgIpc) is 2.66. The van der Waals surface area contributed by atoms with Gasteiger partial charge in [0.05, 0.1) is 12.7 Å². The highest BCUT2D eigenvalue weighted by molar-refractivity contribution is 5.92. The first kappa shape index (κ1) is 17.0. The van der Waals surface area contributed by atoms with Gasteiger partial charge < -0.3 is 14.4 Å². The van der Waals surface area contributed by atoms with Gasteiger partial charge in [-0.25, -0.2) is 4.79 Å². The molecule has 0 aliphatic carbocycles. The molecule has 0 saturated heterocycles. The quantitative estimate of drug-likeness (QED) is 0.804. The number of hydrogen-bond donors (Lipinski definition) is 0. The maximum atomic E-state index is 12.6. The Kier molecular flexibility index (Phi) is 5.03. The SMILES string of the molecule is COc1cccc(C(=O)O[C@H](C)C(=O)N2CCc3ccccc3C2)c1. The van der Waals surface area contributed by atoms with E-state index in [0.29, 0.717) is 24.4 Å². The van der Waals surface area contributed by atoms with Crippen molar-refractivity contribution in [3.05, 3.63) is 65.2 Å². The van der Waals surface area contributed by atoms with E-state index in [2.05, 4.69) is 6.07 Å². The van der Waals surface area contributed by atoms with Gasteiger partial charge >= 0.3 is 5.97 Å². The molecule has 3 rings (SSSR count). The predicted octanol–water partition coefficient (Wildman–Crippen LogP) is 2.83. The van der Waals surface area contributed by atoms with Gasteiger partial charge in [-0.3, -0.25) is 4.79 Å². The number of carbonyl (C=O) groups is 2. The van der Waals surface area contributed by atoms with Crippen molar-refractivity contribution in [1.29, 1.82) is 0 Å². The molecule has 1 aliphatic heterocycles. The molecule has 0 aromatic heterocycles. The van der Waals surface area contributed by atoms with E-state index in [9.17, 15) is 9.59 Å². The second kappa shape index (κ2) is 7.38. The summed E-state index contributed by atoms with van der Waals surface area (Å²) < 4.78 is 10.5. The van der Waals surface area contributed by atoms with Crippen molar-refractivity contribution in [2.45, 2.75) is 26.0 Å². The summed E-state index contributed by atoms with van der Waals surface area (Å²) in [6, 6.07) is 14.8. The van der Waals surface area contributed by atoms with Gasteiger partial charge in [0.25, 0.3) is 5.91 Å².